The van der Waals surface area contributed by atoms with E-state index in [1.165, 1.54) is 18.0 Å². The Hall–Kier alpha value is -3.32. The number of carbonyl (C=O) groups is 1. The van der Waals surface area contributed by atoms with Crippen LogP contribution in [0.4, 0.5) is 5.69 Å². The van der Waals surface area contributed by atoms with E-state index < -0.39 is 0 Å². The van der Waals surface area contributed by atoms with Crippen LogP contribution in [0.2, 0.25) is 0 Å². The summed E-state index contributed by atoms with van der Waals surface area (Å²) in [6.45, 7) is -0.102. The quantitative estimate of drug-likeness (QED) is 0.908. The van der Waals surface area contributed by atoms with Crippen molar-refractivity contribution in [2.45, 2.75) is 6.54 Å². The van der Waals surface area contributed by atoms with Crippen molar-refractivity contribution in [3.63, 3.8) is 0 Å². The normalized spacial score (nSPS) is 9.48. The third-order valence-corrected chi connectivity index (χ3v) is 2.72. The molecule has 0 spiro atoms. The van der Waals surface area contributed by atoms with Gasteiger partial charge in [0.05, 0.1) is 13.4 Å². The molecule has 0 bridgehead atoms. The van der Waals surface area contributed by atoms with E-state index in [1.54, 1.807) is 30.3 Å². The van der Waals surface area contributed by atoms with E-state index in [1.807, 2.05) is 6.07 Å². The number of carbonyl (C=O) groups excluding carboxylic acids is 1. The number of anilines is 1. The van der Waals surface area contributed by atoms with Gasteiger partial charge in [0.25, 0.3) is 0 Å². The second kappa shape index (κ2) is 6.22. The summed E-state index contributed by atoms with van der Waals surface area (Å²) in [5.74, 6) is 0.293. The molecule has 0 saturated carbocycles. The van der Waals surface area contributed by atoms with Crippen LogP contribution >= 0.6 is 0 Å². The fourth-order valence-electron chi connectivity index (χ4n) is 1.76. The molecule has 0 saturated heterocycles. The van der Waals surface area contributed by atoms with Gasteiger partial charge < -0.3 is 14.6 Å². The Kier molecular flexibility index (Phi) is 4.17. The van der Waals surface area contributed by atoms with E-state index in [0.29, 0.717) is 11.4 Å². The van der Waals surface area contributed by atoms with Gasteiger partial charge in [0, 0.05) is 11.8 Å². The van der Waals surface area contributed by atoms with E-state index in [-0.39, 0.29) is 23.8 Å². The van der Waals surface area contributed by atoms with Gasteiger partial charge in [0.2, 0.25) is 5.91 Å². The lowest BCUT2D eigenvalue weighted by Crippen LogP contribution is -2.19. The zero-order valence-electron chi connectivity index (χ0n) is 11.2. The molecule has 2 aromatic rings. The number of nitrogens with one attached hydrogen (secondary N) is 1. The Balaban J connectivity index is 2.10. The summed E-state index contributed by atoms with van der Waals surface area (Å²) in [7, 11) is 1.54. The van der Waals surface area contributed by atoms with E-state index in [2.05, 4.69) is 10.3 Å². The van der Waals surface area contributed by atoms with E-state index in [4.69, 9.17) is 15.3 Å². The Morgan fingerprint density at radius 1 is 1.43 bits per heavy atom. The molecule has 7 heteroatoms. The molecule has 104 valence electrons. The van der Waals surface area contributed by atoms with Crippen LogP contribution in [0, 0.1) is 22.7 Å². The van der Waals surface area contributed by atoms with Crippen LogP contribution in [0.15, 0.2) is 30.6 Å². The van der Waals surface area contributed by atoms with Crippen molar-refractivity contribution >= 4 is 11.6 Å². The van der Waals surface area contributed by atoms with Gasteiger partial charge in [-0.25, -0.2) is 4.98 Å². The second-order valence-electron chi connectivity index (χ2n) is 4.07. The molecule has 0 aliphatic rings. The lowest BCUT2D eigenvalue weighted by Gasteiger charge is -2.07. The molecule has 2 rings (SSSR count). The molecule has 0 unspecified atom stereocenters. The zero-order valence-corrected chi connectivity index (χ0v) is 11.2. The number of hydrogen-bond acceptors (Lipinski definition) is 5. The molecule has 0 radical (unpaired) electrons. The monoisotopic (exact) mass is 281 g/mol. The van der Waals surface area contributed by atoms with Gasteiger partial charge in [-0.1, -0.05) is 6.07 Å². The average Bonchev–Trinajstić information content (AvgIpc) is 2.88. The summed E-state index contributed by atoms with van der Waals surface area (Å²) in [6, 6.07) is 10.6. The fraction of sp³-hybridized carbons (Fsp3) is 0.143. The first-order valence-electron chi connectivity index (χ1n) is 5.97. The maximum absolute atomic E-state index is 12.0. The predicted molar refractivity (Wildman–Crippen MR) is 73.3 cm³/mol. The minimum Gasteiger partial charge on any atom is -0.497 e. The number of hydrogen-bond donors (Lipinski definition) is 1. The number of aromatic nitrogens is 2. The minimum atomic E-state index is -0.332. The lowest BCUT2D eigenvalue weighted by molar-refractivity contribution is -0.116. The van der Waals surface area contributed by atoms with E-state index in [9.17, 15) is 4.79 Å². The van der Waals surface area contributed by atoms with Crippen LogP contribution in [-0.2, 0) is 11.3 Å². The molecule has 1 heterocycles. The maximum atomic E-state index is 12.0. The molecule has 0 aliphatic heterocycles. The van der Waals surface area contributed by atoms with Crippen molar-refractivity contribution in [3.8, 4) is 17.9 Å². The average molecular weight is 281 g/mol. The van der Waals surface area contributed by atoms with Crippen LogP contribution in [0.1, 0.15) is 11.4 Å². The first-order valence-corrected chi connectivity index (χ1v) is 5.97. The Bertz CT molecular complexity index is 751. The van der Waals surface area contributed by atoms with Crippen LogP contribution in [-0.4, -0.2) is 22.6 Å². The van der Waals surface area contributed by atoms with E-state index in [0.717, 1.165) is 0 Å². The second-order valence-corrected chi connectivity index (χ2v) is 4.07. The summed E-state index contributed by atoms with van der Waals surface area (Å²) < 4.78 is 6.39. The zero-order chi connectivity index (χ0) is 15.2. The van der Waals surface area contributed by atoms with Gasteiger partial charge in [-0.3, -0.25) is 4.79 Å². The highest BCUT2D eigenvalue weighted by Crippen LogP contribution is 2.16. The van der Waals surface area contributed by atoms with Crippen molar-refractivity contribution in [2.75, 3.05) is 12.4 Å². The summed E-state index contributed by atoms with van der Waals surface area (Å²) in [5.41, 5.74) is 0.656. The molecule has 1 aromatic carbocycles. The number of nitrogens with zero attached hydrogens (tertiary/aromatic N) is 4. The first-order chi connectivity index (χ1) is 10.2. The minimum absolute atomic E-state index is 0.00619. The summed E-state index contributed by atoms with van der Waals surface area (Å²) in [6.07, 6.45) is 1.29. The van der Waals surface area contributed by atoms with Crippen molar-refractivity contribution < 1.29 is 9.53 Å². The summed E-state index contributed by atoms with van der Waals surface area (Å²) in [5, 5.41) is 20.5. The smallest absolute Gasteiger partial charge is 0.244 e. The molecule has 0 atom stereocenters. The standard InChI is InChI=1S/C14H11N5O2/c1-21-11-4-2-3-10(5-11)18-14(20)8-19-9-17-12(6-15)13(19)7-16/h2-5,9H,8H2,1H3,(H,18,20). The van der Waals surface area contributed by atoms with E-state index >= 15 is 0 Å². The molecule has 0 fully saturated rings. The highest BCUT2D eigenvalue weighted by atomic mass is 16.5. The van der Waals surface area contributed by atoms with Crippen LogP contribution < -0.4 is 10.1 Å². The van der Waals surface area contributed by atoms with Crippen molar-refractivity contribution in [1.82, 2.24) is 9.55 Å². The molecule has 1 amide bonds. The molecular formula is C14H11N5O2. The Morgan fingerprint density at radius 3 is 2.90 bits per heavy atom. The number of methoxy groups -OCH3 is 1. The van der Waals surface area contributed by atoms with Crippen LogP contribution in [0.25, 0.3) is 0 Å². The highest BCUT2D eigenvalue weighted by molar-refractivity contribution is 5.90. The number of rotatable bonds is 4. The molecule has 1 aromatic heterocycles. The molecule has 7 nitrogen and oxygen atoms in total. The predicted octanol–water partition coefficient (Wildman–Crippen LogP) is 1.27. The lowest BCUT2D eigenvalue weighted by atomic mass is 10.3. The summed E-state index contributed by atoms with van der Waals surface area (Å²) in [4.78, 5) is 15.7. The Morgan fingerprint density at radius 2 is 2.24 bits per heavy atom. The van der Waals surface area contributed by atoms with Gasteiger partial charge in [0.15, 0.2) is 11.4 Å². The van der Waals surface area contributed by atoms with Crippen LogP contribution in [0.5, 0.6) is 5.75 Å². The van der Waals surface area contributed by atoms with Gasteiger partial charge in [-0.15, -0.1) is 0 Å². The van der Waals surface area contributed by atoms with Crippen molar-refractivity contribution in [2.24, 2.45) is 0 Å². The highest BCUT2D eigenvalue weighted by Gasteiger charge is 2.13. The number of ether oxygens (including phenoxy) is 1. The van der Waals surface area contributed by atoms with Gasteiger partial charge >= 0.3 is 0 Å². The molecular weight excluding hydrogens is 270 g/mol. The number of amides is 1. The van der Waals surface area contributed by atoms with Gasteiger partial charge in [-0.2, -0.15) is 10.5 Å². The third kappa shape index (κ3) is 3.17. The third-order valence-electron chi connectivity index (χ3n) is 2.72. The van der Waals surface area contributed by atoms with Gasteiger partial charge in [0.1, 0.15) is 24.4 Å². The maximum Gasteiger partial charge on any atom is 0.244 e. The van der Waals surface area contributed by atoms with Crippen molar-refractivity contribution in [3.05, 3.63) is 42.0 Å². The molecule has 0 aliphatic carbocycles. The SMILES string of the molecule is COc1cccc(NC(=O)Cn2cnc(C#N)c2C#N)c1. The molecule has 1 N–H and O–H groups in total. The van der Waals surface area contributed by atoms with Crippen LogP contribution in [0.3, 0.4) is 0 Å². The summed E-state index contributed by atoms with van der Waals surface area (Å²) >= 11 is 0. The largest absolute Gasteiger partial charge is 0.497 e. The number of benzene rings is 1. The topological polar surface area (TPSA) is 104 Å². The number of nitriles is 2. The molecule has 21 heavy (non-hydrogen) atoms. The first kappa shape index (κ1) is 14.1. The fourth-order valence-corrected chi connectivity index (χ4v) is 1.76. The van der Waals surface area contributed by atoms with Crippen molar-refractivity contribution in [1.29, 1.82) is 10.5 Å². The Labute approximate surface area is 121 Å². The number of imidazole rings is 1. The van der Waals surface area contributed by atoms with Gasteiger partial charge in [-0.05, 0) is 12.1 Å².